The van der Waals surface area contributed by atoms with Crippen LogP contribution in [0.25, 0.3) is 0 Å². The van der Waals surface area contributed by atoms with Crippen molar-refractivity contribution in [3.63, 3.8) is 0 Å². The minimum absolute atomic E-state index is 0.176. The first-order valence-electron chi connectivity index (χ1n) is 5.53. The Morgan fingerprint density at radius 1 is 1.11 bits per heavy atom. The van der Waals surface area contributed by atoms with E-state index in [4.69, 9.17) is 5.73 Å². The van der Waals surface area contributed by atoms with Gasteiger partial charge in [-0.2, -0.15) is 0 Å². The molecular weight excluding hydrogens is 328 g/mol. The van der Waals surface area contributed by atoms with E-state index in [0.717, 1.165) is 5.56 Å². The molecule has 0 bridgehead atoms. The highest BCUT2D eigenvalue weighted by atomic mass is 79.9. The average molecular weight is 341 g/mol. The number of sulfonamides is 1. The predicted molar refractivity (Wildman–Crippen MR) is 80.5 cm³/mol. The molecule has 0 fully saturated rings. The molecule has 6 heteroatoms. The molecule has 3 N–H and O–H groups in total. The number of nitrogens with one attached hydrogen (secondary N) is 1. The van der Waals surface area contributed by atoms with Crippen molar-refractivity contribution < 1.29 is 8.42 Å². The van der Waals surface area contributed by atoms with Gasteiger partial charge in [-0.3, -0.25) is 4.72 Å². The van der Waals surface area contributed by atoms with Crippen LogP contribution in [0.5, 0.6) is 0 Å². The third-order valence-corrected chi connectivity index (χ3v) is 4.63. The molecular formula is C13H13BrN2O2S. The fourth-order valence-corrected chi connectivity index (χ4v) is 3.12. The minimum Gasteiger partial charge on any atom is -0.399 e. The van der Waals surface area contributed by atoms with Gasteiger partial charge in [-0.15, -0.1) is 0 Å². The molecule has 0 amide bonds. The summed E-state index contributed by atoms with van der Waals surface area (Å²) in [5.74, 6) is 0. The molecule has 2 rings (SSSR count). The van der Waals surface area contributed by atoms with Crippen molar-refractivity contribution in [2.75, 3.05) is 10.5 Å². The molecule has 0 aliphatic heterocycles. The topological polar surface area (TPSA) is 72.2 Å². The predicted octanol–water partition coefficient (Wildman–Crippen LogP) is 3.14. The number of halogens is 1. The second-order valence-corrected chi connectivity index (χ2v) is 6.69. The maximum Gasteiger partial charge on any atom is 0.261 e. The Morgan fingerprint density at radius 3 is 2.37 bits per heavy atom. The zero-order chi connectivity index (χ0) is 14.0. The fraction of sp³-hybridized carbons (Fsp3) is 0.0769. The van der Waals surface area contributed by atoms with Crippen LogP contribution in [0.2, 0.25) is 0 Å². The van der Waals surface area contributed by atoms with Crippen LogP contribution in [0.15, 0.2) is 51.8 Å². The van der Waals surface area contributed by atoms with Gasteiger partial charge in [-0.1, -0.05) is 6.07 Å². The number of hydrogen-bond acceptors (Lipinski definition) is 3. The van der Waals surface area contributed by atoms with Gasteiger partial charge in [0.15, 0.2) is 0 Å². The molecule has 100 valence electrons. The molecule has 19 heavy (non-hydrogen) atoms. The number of anilines is 2. The molecule has 0 radical (unpaired) electrons. The smallest absolute Gasteiger partial charge is 0.261 e. The van der Waals surface area contributed by atoms with Gasteiger partial charge in [0, 0.05) is 10.2 Å². The molecule has 0 aromatic heterocycles. The molecule has 0 saturated carbocycles. The summed E-state index contributed by atoms with van der Waals surface area (Å²) in [7, 11) is -3.60. The van der Waals surface area contributed by atoms with Gasteiger partial charge in [0.05, 0.1) is 10.6 Å². The first-order valence-corrected chi connectivity index (χ1v) is 7.80. The number of benzene rings is 2. The van der Waals surface area contributed by atoms with E-state index in [-0.39, 0.29) is 4.90 Å². The number of nitrogen functional groups attached to an aromatic ring is 1. The van der Waals surface area contributed by atoms with Gasteiger partial charge < -0.3 is 5.73 Å². The highest BCUT2D eigenvalue weighted by Crippen LogP contribution is 2.26. The Morgan fingerprint density at radius 2 is 1.74 bits per heavy atom. The summed E-state index contributed by atoms with van der Waals surface area (Å²) in [6, 6.07) is 11.5. The fourth-order valence-electron chi connectivity index (χ4n) is 1.57. The van der Waals surface area contributed by atoms with Gasteiger partial charge in [0.1, 0.15) is 0 Å². The highest BCUT2D eigenvalue weighted by molar-refractivity contribution is 9.10. The summed E-state index contributed by atoms with van der Waals surface area (Å²) in [6.07, 6.45) is 0. The van der Waals surface area contributed by atoms with E-state index < -0.39 is 10.0 Å². The molecule has 0 saturated heterocycles. The highest BCUT2D eigenvalue weighted by Gasteiger charge is 2.15. The lowest BCUT2D eigenvalue weighted by Gasteiger charge is -2.10. The van der Waals surface area contributed by atoms with Crippen LogP contribution in [0.1, 0.15) is 5.56 Å². The quantitative estimate of drug-likeness (QED) is 0.843. The van der Waals surface area contributed by atoms with E-state index in [1.165, 1.54) is 12.1 Å². The van der Waals surface area contributed by atoms with Gasteiger partial charge in [0.25, 0.3) is 10.0 Å². The van der Waals surface area contributed by atoms with Crippen LogP contribution in [-0.2, 0) is 10.0 Å². The molecule has 2 aromatic rings. The van der Waals surface area contributed by atoms with Crippen LogP contribution in [0.3, 0.4) is 0 Å². The zero-order valence-electron chi connectivity index (χ0n) is 10.2. The molecule has 0 unspecified atom stereocenters. The van der Waals surface area contributed by atoms with Crippen molar-refractivity contribution in [3.8, 4) is 0 Å². The molecule has 0 aliphatic carbocycles. The monoisotopic (exact) mass is 340 g/mol. The Kier molecular flexibility index (Phi) is 3.82. The van der Waals surface area contributed by atoms with Crippen molar-refractivity contribution in [3.05, 3.63) is 52.5 Å². The average Bonchev–Trinajstić information content (AvgIpc) is 2.34. The van der Waals surface area contributed by atoms with Crippen molar-refractivity contribution in [2.24, 2.45) is 0 Å². The molecule has 2 aromatic carbocycles. The van der Waals surface area contributed by atoms with Crippen molar-refractivity contribution in [2.45, 2.75) is 11.8 Å². The molecule has 0 heterocycles. The number of nitrogens with two attached hydrogens (primary N) is 1. The van der Waals surface area contributed by atoms with E-state index in [2.05, 4.69) is 20.7 Å². The van der Waals surface area contributed by atoms with Gasteiger partial charge >= 0.3 is 0 Å². The molecule has 4 nitrogen and oxygen atoms in total. The van der Waals surface area contributed by atoms with Gasteiger partial charge in [0.2, 0.25) is 0 Å². The van der Waals surface area contributed by atoms with E-state index in [1.807, 2.05) is 13.0 Å². The molecule has 0 spiro atoms. The largest absolute Gasteiger partial charge is 0.399 e. The molecule has 0 aliphatic rings. The second-order valence-electron chi connectivity index (χ2n) is 4.16. The Balaban J connectivity index is 2.36. The van der Waals surface area contributed by atoms with Crippen LogP contribution < -0.4 is 10.5 Å². The zero-order valence-corrected chi connectivity index (χ0v) is 12.6. The lowest BCUT2D eigenvalue weighted by Crippen LogP contribution is -2.13. The molecule has 0 atom stereocenters. The SMILES string of the molecule is Cc1ccc(Br)c(NS(=O)(=O)c2ccc(N)cc2)c1. The van der Waals surface area contributed by atoms with E-state index in [0.29, 0.717) is 15.8 Å². The van der Waals surface area contributed by atoms with Gasteiger partial charge in [-0.05, 0) is 64.8 Å². The van der Waals surface area contributed by atoms with Crippen molar-refractivity contribution >= 4 is 37.3 Å². The maximum atomic E-state index is 12.2. The van der Waals surface area contributed by atoms with Crippen LogP contribution in [0, 0.1) is 6.92 Å². The second kappa shape index (κ2) is 5.22. The first-order chi connectivity index (χ1) is 8.88. The van der Waals surface area contributed by atoms with Crippen LogP contribution in [-0.4, -0.2) is 8.42 Å². The summed E-state index contributed by atoms with van der Waals surface area (Å²) < 4.78 is 27.6. The van der Waals surface area contributed by atoms with E-state index in [9.17, 15) is 8.42 Å². The lowest BCUT2D eigenvalue weighted by molar-refractivity contribution is 0.601. The summed E-state index contributed by atoms with van der Waals surface area (Å²) in [5, 5.41) is 0. The summed E-state index contributed by atoms with van der Waals surface area (Å²) in [4.78, 5) is 0.176. The third kappa shape index (κ3) is 3.27. The normalized spacial score (nSPS) is 11.3. The minimum atomic E-state index is -3.60. The summed E-state index contributed by atoms with van der Waals surface area (Å²) in [6.45, 7) is 1.90. The maximum absolute atomic E-state index is 12.2. The number of hydrogen-bond donors (Lipinski definition) is 2. The van der Waals surface area contributed by atoms with E-state index in [1.54, 1.807) is 24.3 Å². The summed E-state index contributed by atoms with van der Waals surface area (Å²) in [5.41, 5.74) is 7.55. The number of aryl methyl sites for hydroxylation is 1. The summed E-state index contributed by atoms with van der Waals surface area (Å²) >= 11 is 3.32. The van der Waals surface area contributed by atoms with Gasteiger partial charge in [-0.25, -0.2) is 8.42 Å². The Labute approximate surface area is 120 Å². The standard InChI is InChI=1S/C13H13BrN2O2S/c1-9-2-7-12(14)13(8-9)16-19(17,18)11-5-3-10(15)4-6-11/h2-8,16H,15H2,1H3. The number of rotatable bonds is 3. The van der Waals surface area contributed by atoms with E-state index >= 15 is 0 Å². The van der Waals surface area contributed by atoms with Crippen molar-refractivity contribution in [1.29, 1.82) is 0 Å². The third-order valence-electron chi connectivity index (χ3n) is 2.56. The van der Waals surface area contributed by atoms with Crippen LogP contribution >= 0.6 is 15.9 Å². The Hall–Kier alpha value is -1.53. The van der Waals surface area contributed by atoms with Crippen LogP contribution in [0.4, 0.5) is 11.4 Å². The Bertz CT molecular complexity index is 697. The lowest BCUT2D eigenvalue weighted by atomic mass is 10.2. The first kappa shape index (κ1) is 13.9. The van der Waals surface area contributed by atoms with Crippen molar-refractivity contribution in [1.82, 2.24) is 0 Å².